The van der Waals surface area contributed by atoms with Crippen molar-refractivity contribution in [3.63, 3.8) is 0 Å². The number of carbonyl (C=O) groups excluding carboxylic acids is 2. The Labute approximate surface area is 164 Å². The molecule has 0 aliphatic heterocycles. The van der Waals surface area contributed by atoms with Crippen LogP contribution in [0.4, 0.5) is 0 Å². The number of nitrogens with one attached hydrogen (secondary N) is 1. The van der Waals surface area contributed by atoms with Gasteiger partial charge < -0.3 is 10.2 Å². The van der Waals surface area contributed by atoms with E-state index in [1.807, 2.05) is 31.2 Å². The van der Waals surface area contributed by atoms with E-state index in [1.54, 1.807) is 36.1 Å². The van der Waals surface area contributed by atoms with Crippen molar-refractivity contribution >= 4 is 35.0 Å². The zero-order chi connectivity index (χ0) is 19.1. The largest absolute Gasteiger partial charge is 0.355 e. The van der Waals surface area contributed by atoms with Gasteiger partial charge in [-0.2, -0.15) is 0 Å². The van der Waals surface area contributed by atoms with Crippen LogP contribution in [0.1, 0.15) is 25.0 Å². The molecule has 6 heteroatoms. The lowest BCUT2D eigenvalue weighted by Crippen LogP contribution is -2.48. The van der Waals surface area contributed by atoms with Gasteiger partial charge in [-0.1, -0.05) is 47.5 Å². The fraction of sp³-hybridized carbons (Fsp3) is 0.300. The van der Waals surface area contributed by atoms with E-state index in [4.69, 9.17) is 23.2 Å². The SMILES string of the molecule is CCNC(=O)[C@H](C)N(Cc1cccc(Cl)c1)C(=O)Cc1ccc(Cl)cc1. The number of amides is 2. The Balaban J connectivity index is 2.21. The Kier molecular flexibility index (Phi) is 7.49. The van der Waals surface area contributed by atoms with Gasteiger partial charge in [-0.05, 0) is 49.2 Å². The average Bonchev–Trinajstić information content (AvgIpc) is 2.61. The van der Waals surface area contributed by atoms with Gasteiger partial charge in [0.2, 0.25) is 11.8 Å². The second kappa shape index (κ2) is 9.60. The number of halogens is 2. The minimum atomic E-state index is -0.589. The standard InChI is InChI=1S/C20H22Cl2N2O2/c1-3-23-20(26)14(2)24(13-16-5-4-6-18(22)11-16)19(25)12-15-7-9-17(21)10-8-15/h4-11,14H,3,12-13H2,1-2H3,(H,23,26)/t14-/m0/s1. The van der Waals surface area contributed by atoms with Crippen molar-refractivity contribution in [1.29, 1.82) is 0 Å². The topological polar surface area (TPSA) is 49.4 Å². The normalized spacial score (nSPS) is 11.7. The Morgan fingerprint density at radius 3 is 2.35 bits per heavy atom. The zero-order valence-electron chi connectivity index (χ0n) is 14.8. The molecule has 2 aromatic rings. The molecule has 4 nitrogen and oxygen atoms in total. The molecule has 0 fully saturated rings. The van der Waals surface area contributed by atoms with Crippen LogP contribution in [0.3, 0.4) is 0 Å². The molecular weight excluding hydrogens is 371 g/mol. The summed E-state index contributed by atoms with van der Waals surface area (Å²) in [6.45, 7) is 4.40. The number of benzene rings is 2. The van der Waals surface area contributed by atoms with Crippen molar-refractivity contribution in [2.75, 3.05) is 6.54 Å². The summed E-state index contributed by atoms with van der Waals surface area (Å²) in [5, 5.41) is 3.99. The number of nitrogens with zero attached hydrogens (tertiary/aromatic N) is 1. The maximum absolute atomic E-state index is 12.9. The van der Waals surface area contributed by atoms with Gasteiger partial charge in [0.05, 0.1) is 6.42 Å². The minimum Gasteiger partial charge on any atom is -0.355 e. The van der Waals surface area contributed by atoms with Gasteiger partial charge in [0.1, 0.15) is 6.04 Å². The van der Waals surface area contributed by atoms with Crippen molar-refractivity contribution in [2.24, 2.45) is 0 Å². The zero-order valence-corrected chi connectivity index (χ0v) is 16.3. The lowest BCUT2D eigenvalue weighted by molar-refractivity contribution is -0.140. The highest BCUT2D eigenvalue weighted by molar-refractivity contribution is 6.30. The molecule has 0 bridgehead atoms. The van der Waals surface area contributed by atoms with Gasteiger partial charge >= 0.3 is 0 Å². The molecule has 26 heavy (non-hydrogen) atoms. The van der Waals surface area contributed by atoms with Crippen LogP contribution in [0.25, 0.3) is 0 Å². The second-order valence-electron chi connectivity index (χ2n) is 6.03. The molecule has 0 aliphatic carbocycles. The summed E-state index contributed by atoms with van der Waals surface area (Å²) in [7, 11) is 0. The molecule has 0 aromatic heterocycles. The summed E-state index contributed by atoms with van der Waals surface area (Å²) in [5.74, 6) is -0.315. The van der Waals surface area contributed by atoms with Crippen LogP contribution < -0.4 is 5.32 Å². The highest BCUT2D eigenvalue weighted by Crippen LogP contribution is 2.17. The Hall–Kier alpha value is -2.04. The van der Waals surface area contributed by atoms with Gasteiger partial charge in [-0.3, -0.25) is 9.59 Å². The predicted octanol–water partition coefficient (Wildman–Crippen LogP) is 4.09. The molecule has 0 aliphatic rings. The number of carbonyl (C=O) groups is 2. The average molecular weight is 393 g/mol. The van der Waals surface area contributed by atoms with Crippen LogP contribution in [0, 0.1) is 0 Å². The van der Waals surface area contributed by atoms with Crippen molar-refractivity contribution in [2.45, 2.75) is 32.9 Å². The van der Waals surface area contributed by atoms with E-state index in [1.165, 1.54) is 0 Å². The lowest BCUT2D eigenvalue weighted by Gasteiger charge is -2.29. The number of likely N-dealkylation sites (N-methyl/N-ethyl adjacent to an activating group) is 1. The molecule has 1 atom stereocenters. The first kappa shape index (κ1) is 20.3. The first-order valence-electron chi connectivity index (χ1n) is 8.46. The minimum absolute atomic E-state index is 0.133. The number of hydrogen-bond acceptors (Lipinski definition) is 2. The van der Waals surface area contributed by atoms with Crippen LogP contribution in [0.15, 0.2) is 48.5 Å². The molecule has 0 spiro atoms. The van der Waals surface area contributed by atoms with Crippen LogP contribution in [-0.2, 0) is 22.6 Å². The van der Waals surface area contributed by atoms with Gasteiger partial charge in [0, 0.05) is 23.1 Å². The van der Waals surface area contributed by atoms with Crippen molar-refractivity contribution in [3.8, 4) is 0 Å². The van der Waals surface area contributed by atoms with Gasteiger partial charge in [0.25, 0.3) is 0 Å². The predicted molar refractivity (Wildman–Crippen MR) is 105 cm³/mol. The monoisotopic (exact) mass is 392 g/mol. The van der Waals surface area contributed by atoms with E-state index in [9.17, 15) is 9.59 Å². The van der Waals surface area contributed by atoms with E-state index in [0.717, 1.165) is 11.1 Å². The molecule has 0 radical (unpaired) electrons. The van der Waals surface area contributed by atoms with Crippen molar-refractivity contribution in [1.82, 2.24) is 10.2 Å². The highest BCUT2D eigenvalue weighted by Gasteiger charge is 2.25. The third kappa shape index (κ3) is 5.75. The third-order valence-corrected chi connectivity index (χ3v) is 4.52. The molecule has 2 amide bonds. The molecular formula is C20H22Cl2N2O2. The van der Waals surface area contributed by atoms with E-state index < -0.39 is 6.04 Å². The quantitative estimate of drug-likeness (QED) is 0.771. The summed E-state index contributed by atoms with van der Waals surface area (Å²) >= 11 is 11.9. The fourth-order valence-corrected chi connectivity index (χ4v) is 2.95. The number of hydrogen-bond donors (Lipinski definition) is 1. The van der Waals surface area contributed by atoms with Gasteiger partial charge in [0.15, 0.2) is 0 Å². The summed E-state index contributed by atoms with van der Waals surface area (Å²) in [6, 6.07) is 13.8. The number of rotatable bonds is 7. The molecule has 2 aromatic carbocycles. The molecule has 2 rings (SSSR count). The van der Waals surface area contributed by atoms with E-state index in [0.29, 0.717) is 23.1 Å². The van der Waals surface area contributed by atoms with Crippen LogP contribution in [0.5, 0.6) is 0 Å². The van der Waals surface area contributed by atoms with Gasteiger partial charge in [-0.25, -0.2) is 0 Å². The van der Waals surface area contributed by atoms with E-state index in [-0.39, 0.29) is 18.2 Å². The third-order valence-electron chi connectivity index (χ3n) is 4.03. The second-order valence-corrected chi connectivity index (χ2v) is 6.90. The van der Waals surface area contributed by atoms with Crippen molar-refractivity contribution < 1.29 is 9.59 Å². The Morgan fingerprint density at radius 2 is 1.73 bits per heavy atom. The van der Waals surface area contributed by atoms with E-state index >= 15 is 0 Å². The van der Waals surface area contributed by atoms with Crippen LogP contribution in [0.2, 0.25) is 10.0 Å². The molecule has 0 saturated carbocycles. The first-order valence-corrected chi connectivity index (χ1v) is 9.22. The summed E-state index contributed by atoms with van der Waals surface area (Å²) in [4.78, 5) is 26.8. The first-order chi connectivity index (χ1) is 12.4. The van der Waals surface area contributed by atoms with Crippen molar-refractivity contribution in [3.05, 3.63) is 69.7 Å². The smallest absolute Gasteiger partial charge is 0.242 e. The Morgan fingerprint density at radius 1 is 1.04 bits per heavy atom. The Bertz CT molecular complexity index is 763. The van der Waals surface area contributed by atoms with Crippen LogP contribution in [-0.4, -0.2) is 29.3 Å². The highest BCUT2D eigenvalue weighted by atomic mass is 35.5. The maximum Gasteiger partial charge on any atom is 0.242 e. The van der Waals surface area contributed by atoms with Gasteiger partial charge in [-0.15, -0.1) is 0 Å². The summed E-state index contributed by atoms with van der Waals surface area (Å²) in [6.07, 6.45) is 0.196. The summed E-state index contributed by atoms with van der Waals surface area (Å²) in [5.41, 5.74) is 1.72. The molecule has 0 saturated heterocycles. The van der Waals surface area contributed by atoms with E-state index in [2.05, 4.69) is 5.32 Å². The molecule has 0 heterocycles. The molecule has 0 unspecified atom stereocenters. The van der Waals surface area contributed by atoms with Crippen LogP contribution >= 0.6 is 23.2 Å². The molecule has 138 valence electrons. The maximum atomic E-state index is 12.9. The fourth-order valence-electron chi connectivity index (χ4n) is 2.62. The lowest BCUT2D eigenvalue weighted by atomic mass is 10.1. The summed E-state index contributed by atoms with van der Waals surface area (Å²) < 4.78 is 0. The molecule has 1 N–H and O–H groups in total.